The number of aryl methyl sites for hydroxylation is 1. The Balaban J connectivity index is 1.68. The van der Waals surface area contributed by atoms with E-state index in [4.69, 9.17) is 0 Å². The van der Waals surface area contributed by atoms with Crippen LogP contribution in [0.5, 0.6) is 5.75 Å². The Morgan fingerprint density at radius 3 is 2.77 bits per heavy atom. The number of aromatic nitrogens is 3. The van der Waals surface area contributed by atoms with Crippen molar-refractivity contribution in [2.24, 2.45) is 5.92 Å². The Hall–Kier alpha value is -2.67. The standard InChI is InChI=1S/C19H23N5OS/c1-12(2)10-22-19-20-8-7-17(24-19)21-11-16-13(3)23-18(26-16)14-5-4-6-15(25)9-14/h4-9,12,25H,10-11H2,1-3H3,(H2,20,21,22,24). The molecule has 0 amide bonds. The number of phenols is 1. The topological polar surface area (TPSA) is 83.0 Å². The lowest BCUT2D eigenvalue weighted by atomic mass is 10.2. The molecule has 0 fully saturated rings. The first-order chi connectivity index (χ1) is 12.5. The van der Waals surface area contributed by atoms with Crippen LogP contribution < -0.4 is 10.6 Å². The number of aromatic hydroxyl groups is 1. The SMILES string of the molecule is Cc1nc(-c2cccc(O)c2)sc1CNc1ccnc(NCC(C)C)n1. The summed E-state index contributed by atoms with van der Waals surface area (Å²) in [4.78, 5) is 14.5. The van der Waals surface area contributed by atoms with Gasteiger partial charge in [0.2, 0.25) is 5.95 Å². The zero-order valence-electron chi connectivity index (χ0n) is 15.2. The first-order valence-electron chi connectivity index (χ1n) is 8.58. The number of benzene rings is 1. The predicted molar refractivity (Wildman–Crippen MR) is 107 cm³/mol. The van der Waals surface area contributed by atoms with Crippen LogP contribution in [0, 0.1) is 12.8 Å². The first-order valence-corrected chi connectivity index (χ1v) is 9.39. The van der Waals surface area contributed by atoms with Gasteiger partial charge in [-0.3, -0.25) is 0 Å². The fourth-order valence-electron chi connectivity index (χ4n) is 2.36. The van der Waals surface area contributed by atoms with Crippen LogP contribution in [0.4, 0.5) is 11.8 Å². The zero-order valence-corrected chi connectivity index (χ0v) is 16.0. The number of nitrogens with one attached hydrogen (secondary N) is 2. The van der Waals surface area contributed by atoms with E-state index in [1.54, 1.807) is 29.7 Å². The van der Waals surface area contributed by atoms with Gasteiger partial charge in [0.05, 0.1) is 12.2 Å². The van der Waals surface area contributed by atoms with Crippen LogP contribution in [0.15, 0.2) is 36.5 Å². The molecule has 7 heteroatoms. The lowest BCUT2D eigenvalue weighted by molar-refractivity contribution is 0.475. The fraction of sp³-hybridized carbons (Fsp3) is 0.316. The quantitative estimate of drug-likeness (QED) is 0.576. The monoisotopic (exact) mass is 369 g/mol. The number of thiazole rings is 1. The number of anilines is 2. The maximum Gasteiger partial charge on any atom is 0.224 e. The van der Waals surface area contributed by atoms with Crippen LogP contribution in [0.1, 0.15) is 24.4 Å². The number of hydrogen-bond donors (Lipinski definition) is 3. The largest absolute Gasteiger partial charge is 0.508 e. The van der Waals surface area contributed by atoms with Gasteiger partial charge < -0.3 is 15.7 Å². The molecule has 136 valence electrons. The third kappa shape index (κ3) is 4.70. The van der Waals surface area contributed by atoms with Crippen molar-refractivity contribution in [3.05, 3.63) is 47.1 Å². The highest BCUT2D eigenvalue weighted by Gasteiger charge is 2.10. The van der Waals surface area contributed by atoms with E-state index in [0.717, 1.165) is 33.5 Å². The molecule has 26 heavy (non-hydrogen) atoms. The summed E-state index contributed by atoms with van der Waals surface area (Å²) in [5, 5.41) is 17.1. The molecule has 0 spiro atoms. The summed E-state index contributed by atoms with van der Waals surface area (Å²) in [6, 6.07) is 9.02. The molecule has 3 N–H and O–H groups in total. The summed E-state index contributed by atoms with van der Waals surface area (Å²) >= 11 is 1.62. The summed E-state index contributed by atoms with van der Waals surface area (Å²) in [6.45, 7) is 7.76. The molecule has 0 aliphatic rings. The van der Waals surface area contributed by atoms with Gasteiger partial charge in [-0.15, -0.1) is 11.3 Å². The second kappa shape index (κ2) is 8.14. The molecule has 0 aliphatic carbocycles. The lowest BCUT2D eigenvalue weighted by Gasteiger charge is -2.09. The molecule has 0 atom stereocenters. The second-order valence-corrected chi connectivity index (χ2v) is 7.56. The number of nitrogens with zero attached hydrogens (tertiary/aromatic N) is 3. The molecule has 3 rings (SSSR count). The molecular formula is C19H23N5OS. The summed E-state index contributed by atoms with van der Waals surface area (Å²) in [5.74, 6) is 2.19. The molecule has 0 bridgehead atoms. The zero-order chi connectivity index (χ0) is 18.5. The van der Waals surface area contributed by atoms with Crippen molar-refractivity contribution in [3.8, 4) is 16.3 Å². The fourth-order valence-corrected chi connectivity index (χ4v) is 3.36. The van der Waals surface area contributed by atoms with Gasteiger partial charge in [-0.1, -0.05) is 26.0 Å². The molecule has 0 aliphatic heterocycles. The smallest absolute Gasteiger partial charge is 0.224 e. The lowest BCUT2D eigenvalue weighted by Crippen LogP contribution is -2.11. The van der Waals surface area contributed by atoms with Crippen molar-refractivity contribution in [2.75, 3.05) is 17.2 Å². The van der Waals surface area contributed by atoms with Crippen molar-refractivity contribution in [2.45, 2.75) is 27.3 Å². The van der Waals surface area contributed by atoms with E-state index in [2.05, 4.69) is 39.4 Å². The molecule has 3 aromatic rings. The number of rotatable bonds is 7. The first kappa shape index (κ1) is 18.1. The maximum atomic E-state index is 9.65. The van der Waals surface area contributed by atoms with E-state index in [1.807, 2.05) is 25.1 Å². The highest BCUT2D eigenvalue weighted by Crippen LogP contribution is 2.30. The van der Waals surface area contributed by atoms with E-state index in [0.29, 0.717) is 18.4 Å². The van der Waals surface area contributed by atoms with Gasteiger partial charge in [0.15, 0.2) is 0 Å². The number of phenolic OH excluding ortho intramolecular Hbond substituents is 1. The van der Waals surface area contributed by atoms with Gasteiger partial charge >= 0.3 is 0 Å². The van der Waals surface area contributed by atoms with Gasteiger partial charge in [-0.05, 0) is 31.0 Å². The van der Waals surface area contributed by atoms with E-state index in [-0.39, 0.29) is 5.75 Å². The highest BCUT2D eigenvalue weighted by molar-refractivity contribution is 7.15. The van der Waals surface area contributed by atoms with Crippen LogP contribution in [-0.4, -0.2) is 26.6 Å². The van der Waals surface area contributed by atoms with E-state index in [1.165, 1.54) is 0 Å². The molecule has 0 saturated heterocycles. The molecule has 0 radical (unpaired) electrons. The van der Waals surface area contributed by atoms with Crippen LogP contribution in [0.25, 0.3) is 10.6 Å². The maximum absolute atomic E-state index is 9.65. The molecule has 0 saturated carbocycles. The Morgan fingerprint density at radius 2 is 2.00 bits per heavy atom. The molecule has 2 aromatic heterocycles. The third-order valence-electron chi connectivity index (χ3n) is 3.74. The number of hydrogen-bond acceptors (Lipinski definition) is 7. The Kier molecular flexibility index (Phi) is 5.68. The Bertz CT molecular complexity index is 878. The van der Waals surface area contributed by atoms with Crippen LogP contribution >= 0.6 is 11.3 Å². The van der Waals surface area contributed by atoms with E-state index < -0.39 is 0 Å². The molecule has 2 heterocycles. The Morgan fingerprint density at radius 1 is 1.15 bits per heavy atom. The average molecular weight is 369 g/mol. The van der Waals surface area contributed by atoms with Crippen molar-refractivity contribution in [1.29, 1.82) is 0 Å². The summed E-state index contributed by atoms with van der Waals surface area (Å²) < 4.78 is 0. The molecule has 1 aromatic carbocycles. The van der Waals surface area contributed by atoms with Crippen LogP contribution in [0.2, 0.25) is 0 Å². The minimum Gasteiger partial charge on any atom is -0.508 e. The van der Waals surface area contributed by atoms with Gasteiger partial charge in [0, 0.05) is 23.2 Å². The predicted octanol–water partition coefficient (Wildman–Crippen LogP) is 4.29. The summed E-state index contributed by atoms with van der Waals surface area (Å²) in [5.41, 5.74) is 1.90. The van der Waals surface area contributed by atoms with E-state index in [9.17, 15) is 5.11 Å². The van der Waals surface area contributed by atoms with Crippen LogP contribution in [0.3, 0.4) is 0 Å². The minimum atomic E-state index is 0.248. The average Bonchev–Trinajstić information content (AvgIpc) is 2.99. The third-order valence-corrected chi connectivity index (χ3v) is 4.95. The molecule has 0 unspecified atom stereocenters. The van der Waals surface area contributed by atoms with Crippen molar-refractivity contribution >= 4 is 23.1 Å². The highest BCUT2D eigenvalue weighted by atomic mass is 32.1. The minimum absolute atomic E-state index is 0.248. The Labute approximate surface area is 157 Å². The van der Waals surface area contributed by atoms with Gasteiger partial charge in [-0.25, -0.2) is 9.97 Å². The van der Waals surface area contributed by atoms with Gasteiger partial charge in [0.1, 0.15) is 16.6 Å². The molecular weight excluding hydrogens is 346 g/mol. The van der Waals surface area contributed by atoms with Gasteiger partial charge in [0.25, 0.3) is 0 Å². The second-order valence-electron chi connectivity index (χ2n) is 6.47. The van der Waals surface area contributed by atoms with Crippen molar-refractivity contribution in [1.82, 2.24) is 15.0 Å². The summed E-state index contributed by atoms with van der Waals surface area (Å²) in [7, 11) is 0. The molecule has 6 nitrogen and oxygen atoms in total. The van der Waals surface area contributed by atoms with Crippen molar-refractivity contribution < 1.29 is 5.11 Å². The van der Waals surface area contributed by atoms with Gasteiger partial charge in [-0.2, -0.15) is 4.98 Å². The van der Waals surface area contributed by atoms with Crippen LogP contribution in [-0.2, 0) is 6.54 Å². The van der Waals surface area contributed by atoms with Crippen molar-refractivity contribution in [3.63, 3.8) is 0 Å². The normalized spacial score (nSPS) is 10.9. The van der Waals surface area contributed by atoms with E-state index >= 15 is 0 Å². The summed E-state index contributed by atoms with van der Waals surface area (Å²) in [6.07, 6.45) is 1.75.